The van der Waals surface area contributed by atoms with E-state index in [0.29, 0.717) is 0 Å². The quantitative estimate of drug-likeness (QED) is 0.709. The van der Waals surface area contributed by atoms with Gasteiger partial charge in [0.1, 0.15) is 11.5 Å². The SMILES string of the molecule is CN.Nc1cccc(Cc2cccc(Oc3ccccc3)c2)c1. The number of benzene rings is 3. The largest absolute Gasteiger partial charge is 0.457 e. The first-order chi connectivity index (χ1) is 11.3. The van der Waals surface area contributed by atoms with Crippen LogP contribution in [0.5, 0.6) is 11.5 Å². The Bertz CT molecular complexity index is 726. The molecule has 0 saturated carbocycles. The summed E-state index contributed by atoms with van der Waals surface area (Å²) < 4.78 is 5.86. The van der Waals surface area contributed by atoms with Gasteiger partial charge in [-0.1, -0.05) is 42.5 Å². The van der Waals surface area contributed by atoms with Crippen LogP contribution < -0.4 is 16.2 Å². The Kier molecular flexibility index (Phi) is 6.21. The van der Waals surface area contributed by atoms with Gasteiger partial charge in [0.15, 0.2) is 0 Å². The molecule has 0 spiro atoms. The standard InChI is InChI=1S/C19H17NO.CH5N/c20-17-8-4-6-15(13-17)12-16-7-5-11-19(14-16)21-18-9-2-1-3-10-18;1-2/h1-11,13-14H,12,20H2;2H2,1H3. The summed E-state index contributed by atoms with van der Waals surface area (Å²) in [6, 6.07) is 25.9. The molecule has 3 aromatic carbocycles. The van der Waals surface area contributed by atoms with Crippen molar-refractivity contribution in [2.75, 3.05) is 12.8 Å². The maximum Gasteiger partial charge on any atom is 0.127 e. The number of hydrogen-bond donors (Lipinski definition) is 2. The van der Waals surface area contributed by atoms with Crippen molar-refractivity contribution in [1.29, 1.82) is 0 Å². The molecule has 0 fully saturated rings. The molecule has 0 saturated heterocycles. The Morgan fingerprint density at radius 2 is 1.30 bits per heavy atom. The number of hydrogen-bond acceptors (Lipinski definition) is 3. The number of anilines is 1. The van der Waals surface area contributed by atoms with Crippen molar-refractivity contribution in [3.8, 4) is 11.5 Å². The van der Waals surface area contributed by atoms with E-state index in [1.807, 2.05) is 60.7 Å². The lowest BCUT2D eigenvalue weighted by Crippen LogP contribution is -1.92. The summed E-state index contributed by atoms with van der Waals surface area (Å²) in [4.78, 5) is 0. The second-order valence-electron chi connectivity index (χ2n) is 4.98. The van der Waals surface area contributed by atoms with Crippen molar-refractivity contribution < 1.29 is 4.74 Å². The van der Waals surface area contributed by atoms with Gasteiger partial charge in [0.2, 0.25) is 0 Å². The molecule has 0 bridgehead atoms. The van der Waals surface area contributed by atoms with Crippen LogP contribution in [-0.4, -0.2) is 7.05 Å². The van der Waals surface area contributed by atoms with Crippen LogP contribution in [0.2, 0.25) is 0 Å². The van der Waals surface area contributed by atoms with Crippen molar-refractivity contribution >= 4 is 5.69 Å². The van der Waals surface area contributed by atoms with Gasteiger partial charge in [0, 0.05) is 5.69 Å². The molecule has 23 heavy (non-hydrogen) atoms. The molecular weight excluding hydrogens is 284 g/mol. The van der Waals surface area contributed by atoms with Gasteiger partial charge in [-0.15, -0.1) is 0 Å². The van der Waals surface area contributed by atoms with Crippen molar-refractivity contribution in [3.05, 3.63) is 90.0 Å². The van der Waals surface area contributed by atoms with E-state index in [1.165, 1.54) is 18.2 Å². The number of rotatable bonds is 4. The number of nitrogen functional groups attached to an aromatic ring is 1. The highest BCUT2D eigenvalue weighted by molar-refractivity contribution is 5.43. The average Bonchev–Trinajstić information content (AvgIpc) is 2.58. The van der Waals surface area contributed by atoms with Crippen molar-refractivity contribution in [3.63, 3.8) is 0 Å². The highest BCUT2D eigenvalue weighted by Gasteiger charge is 2.01. The van der Waals surface area contributed by atoms with Gasteiger partial charge in [-0.3, -0.25) is 0 Å². The molecule has 0 unspecified atom stereocenters. The maximum absolute atomic E-state index is 5.86. The first-order valence-electron chi connectivity index (χ1n) is 7.53. The average molecular weight is 306 g/mol. The fourth-order valence-electron chi connectivity index (χ4n) is 2.28. The number of para-hydroxylation sites is 1. The van der Waals surface area contributed by atoms with Crippen LogP contribution in [0.25, 0.3) is 0 Å². The van der Waals surface area contributed by atoms with Gasteiger partial charge in [0.05, 0.1) is 0 Å². The van der Waals surface area contributed by atoms with Crippen LogP contribution in [0, 0.1) is 0 Å². The normalized spacial score (nSPS) is 9.65. The molecule has 0 atom stereocenters. The minimum atomic E-state index is 0.796. The summed E-state index contributed by atoms with van der Waals surface area (Å²) in [6.45, 7) is 0. The molecule has 3 aromatic rings. The van der Waals surface area contributed by atoms with Crippen LogP contribution >= 0.6 is 0 Å². The monoisotopic (exact) mass is 306 g/mol. The fraction of sp³-hybridized carbons (Fsp3) is 0.100. The zero-order chi connectivity index (χ0) is 16.5. The van der Waals surface area contributed by atoms with Gasteiger partial charge < -0.3 is 16.2 Å². The first-order valence-corrected chi connectivity index (χ1v) is 7.53. The molecule has 3 nitrogen and oxygen atoms in total. The van der Waals surface area contributed by atoms with Gasteiger partial charge in [-0.05, 0) is 61.0 Å². The number of nitrogens with two attached hydrogens (primary N) is 2. The lowest BCUT2D eigenvalue weighted by Gasteiger charge is -2.08. The summed E-state index contributed by atoms with van der Waals surface area (Å²) >= 11 is 0. The van der Waals surface area contributed by atoms with E-state index < -0.39 is 0 Å². The molecule has 0 aliphatic heterocycles. The van der Waals surface area contributed by atoms with Crippen LogP contribution in [0.1, 0.15) is 11.1 Å². The van der Waals surface area contributed by atoms with Crippen LogP contribution in [0.15, 0.2) is 78.9 Å². The van der Waals surface area contributed by atoms with Crippen molar-refractivity contribution in [2.24, 2.45) is 5.73 Å². The minimum absolute atomic E-state index is 0.796. The zero-order valence-corrected chi connectivity index (χ0v) is 13.3. The van der Waals surface area contributed by atoms with E-state index in [2.05, 4.69) is 23.9 Å². The number of ether oxygens (including phenoxy) is 1. The van der Waals surface area contributed by atoms with Crippen molar-refractivity contribution in [1.82, 2.24) is 0 Å². The summed E-state index contributed by atoms with van der Waals surface area (Å²) in [5, 5.41) is 0. The Morgan fingerprint density at radius 3 is 2.00 bits per heavy atom. The summed E-state index contributed by atoms with van der Waals surface area (Å²) in [5.41, 5.74) is 13.5. The molecular formula is C20H22N2O. The lowest BCUT2D eigenvalue weighted by atomic mass is 10.0. The molecule has 0 amide bonds. The summed E-state index contributed by atoms with van der Waals surface area (Å²) in [7, 11) is 1.50. The third kappa shape index (κ3) is 5.16. The smallest absolute Gasteiger partial charge is 0.127 e. The maximum atomic E-state index is 5.86. The van der Waals surface area contributed by atoms with Crippen molar-refractivity contribution in [2.45, 2.75) is 6.42 Å². The Balaban J connectivity index is 0.000000924. The Morgan fingerprint density at radius 1 is 0.696 bits per heavy atom. The van der Waals surface area contributed by atoms with E-state index in [1.54, 1.807) is 0 Å². The lowest BCUT2D eigenvalue weighted by molar-refractivity contribution is 0.482. The second-order valence-corrected chi connectivity index (χ2v) is 4.98. The zero-order valence-electron chi connectivity index (χ0n) is 13.3. The van der Waals surface area contributed by atoms with E-state index in [0.717, 1.165) is 23.6 Å². The molecule has 0 radical (unpaired) electrons. The molecule has 0 aromatic heterocycles. The molecule has 0 heterocycles. The summed E-state index contributed by atoms with van der Waals surface area (Å²) in [6.07, 6.45) is 0.844. The van der Waals surface area contributed by atoms with Gasteiger partial charge in [0.25, 0.3) is 0 Å². The van der Waals surface area contributed by atoms with Crippen LogP contribution in [0.4, 0.5) is 5.69 Å². The Labute approximate surface area is 137 Å². The fourth-order valence-corrected chi connectivity index (χ4v) is 2.28. The molecule has 4 N–H and O–H groups in total. The third-order valence-electron chi connectivity index (χ3n) is 3.24. The third-order valence-corrected chi connectivity index (χ3v) is 3.24. The highest BCUT2D eigenvalue weighted by Crippen LogP contribution is 2.23. The highest BCUT2D eigenvalue weighted by atomic mass is 16.5. The van der Waals surface area contributed by atoms with E-state index >= 15 is 0 Å². The predicted molar refractivity (Wildman–Crippen MR) is 96.7 cm³/mol. The molecule has 3 rings (SSSR count). The Hall–Kier alpha value is -2.78. The van der Waals surface area contributed by atoms with Gasteiger partial charge in [-0.2, -0.15) is 0 Å². The summed E-state index contributed by atoms with van der Waals surface area (Å²) in [5.74, 6) is 1.70. The minimum Gasteiger partial charge on any atom is -0.457 e. The van der Waals surface area contributed by atoms with Crippen LogP contribution in [-0.2, 0) is 6.42 Å². The first kappa shape index (κ1) is 16.6. The molecule has 0 aliphatic rings. The van der Waals surface area contributed by atoms with Crippen LogP contribution in [0.3, 0.4) is 0 Å². The molecule has 118 valence electrons. The second kappa shape index (κ2) is 8.61. The van der Waals surface area contributed by atoms with E-state index in [9.17, 15) is 0 Å². The van der Waals surface area contributed by atoms with E-state index in [-0.39, 0.29) is 0 Å². The van der Waals surface area contributed by atoms with Gasteiger partial charge in [-0.25, -0.2) is 0 Å². The predicted octanol–water partition coefficient (Wildman–Crippen LogP) is 4.23. The topological polar surface area (TPSA) is 61.3 Å². The van der Waals surface area contributed by atoms with E-state index in [4.69, 9.17) is 10.5 Å². The van der Waals surface area contributed by atoms with Gasteiger partial charge >= 0.3 is 0 Å². The molecule has 0 aliphatic carbocycles. The molecule has 3 heteroatoms.